The van der Waals surface area contributed by atoms with Crippen molar-refractivity contribution in [2.24, 2.45) is 0 Å². The van der Waals surface area contributed by atoms with Gasteiger partial charge in [0, 0.05) is 30.8 Å². The Morgan fingerprint density at radius 1 is 1.30 bits per heavy atom. The monoisotopic (exact) mass is 319 g/mol. The molecule has 2 fully saturated rings. The van der Waals surface area contributed by atoms with Crippen molar-refractivity contribution in [1.82, 2.24) is 4.90 Å². The minimum absolute atomic E-state index is 0.0338. The summed E-state index contributed by atoms with van der Waals surface area (Å²) in [5, 5.41) is 14.4. The van der Waals surface area contributed by atoms with Gasteiger partial charge < -0.3 is 15.0 Å². The predicted molar refractivity (Wildman–Crippen MR) is 85.7 cm³/mol. The van der Waals surface area contributed by atoms with Gasteiger partial charge in [0.1, 0.15) is 5.69 Å². The van der Waals surface area contributed by atoms with Crippen LogP contribution >= 0.6 is 0 Å². The highest BCUT2D eigenvalue weighted by atomic mass is 16.6. The van der Waals surface area contributed by atoms with Crippen molar-refractivity contribution in [2.75, 3.05) is 18.4 Å². The standard InChI is InChI=1S/C16H21N3O4/c1-10-8-18(9-11(2)23-10)16(20)12-3-6-14(17-13-4-5-13)15(7-12)19(21)22/h3,6-7,10-11,13,17H,4-5,8-9H2,1-2H3/t10-,11+. The van der Waals surface area contributed by atoms with E-state index in [-0.39, 0.29) is 23.8 Å². The first-order valence-electron chi connectivity index (χ1n) is 7.93. The average molecular weight is 319 g/mol. The zero-order chi connectivity index (χ0) is 16.6. The lowest BCUT2D eigenvalue weighted by molar-refractivity contribution is -0.384. The summed E-state index contributed by atoms with van der Waals surface area (Å²) < 4.78 is 5.62. The molecular weight excluding hydrogens is 298 g/mol. The van der Waals surface area contributed by atoms with Crippen LogP contribution in [-0.4, -0.2) is 47.1 Å². The number of nitro benzene ring substituents is 1. The molecule has 3 rings (SSSR count). The number of carbonyl (C=O) groups is 1. The van der Waals surface area contributed by atoms with E-state index in [1.807, 2.05) is 13.8 Å². The Labute approximate surface area is 134 Å². The molecule has 0 unspecified atom stereocenters. The Hall–Kier alpha value is -2.15. The van der Waals surface area contributed by atoms with Gasteiger partial charge in [0.05, 0.1) is 17.1 Å². The highest BCUT2D eigenvalue weighted by Crippen LogP contribution is 2.32. The zero-order valence-corrected chi connectivity index (χ0v) is 13.3. The number of nitrogens with one attached hydrogen (secondary N) is 1. The number of amides is 1. The quantitative estimate of drug-likeness (QED) is 0.680. The molecule has 1 amide bonds. The highest BCUT2D eigenvalue weighted by molar-refractivity contribution is 5.96. The molecule has 0 spiro atoms. The van der Waals surface area contributed by atoms with Crippen molar-refractivity contribution in [3.63, 3.8) is 0 Å². The molecule has 7 heteroatoms. The third-order valence-corrected chi connectivity index (χ3v) is 4.09. The van der Waals surface area contributed by atoms with Crippen molar-refractivity contribution in [2.45, 2.75) is 44.9 Å². The van der Waals surface area contributed by atoms with Crippen molar-refractivity contribution in [1.29, 1.82) is 0 Å². The number of hydrogen-bond acceptors (Lipinski definition) is 5. The molecule has 0 radical (unpaired) electrons. The SMILES string of the molecule is C[C@@H]1CN(C(=O)c2ccc(NC3CC3)c([N+](=O)[O-])c2)C[C@H](C)O1. The summed E-state index contributed by atoms with van der Waals surface area (Å²) in [6.45, 7) is 4.83. The molecular formula is C16H21N3O4. The molecule has 1 aromatic rings. The molecule has 1 saturated carbocycles. The predicted octanol–water partition coefficient (Wildman–Crippen LogP) is 2.42. The van der Waals surface area contributed by atoms with Crippen molar-refractivity contribution in [3.8, 4) is 0 Å². The van der Waals surface area contributed by atoms with Crippen LogP contribution in [0.15, 0.2) is 18.2 Å². The van der Waals surface area contributed by atoms with E-state index in [2.05, 4.69) is 5.32 Å². The third-order valence-electron chi connectivity index (χ3n) is 4.09. The minimum atomic E-state index is -0.438. The normalized spacial score (nSPS) is 24.3. The first kappa shape index (κ1) is 15.7. The second kappa shape index (κ2) is 6.16. The summed E-state index contributed by atoms with van der Waals surface area (Å²) in [4.78, 5) is 25.2. The van der Waals surface area contributed by atoms with Gasteiger partial charge in [-0.2, -0.15) is 0 Å². The van der Waals surface area contributed by atoms with Gasteiger partial charge in [0.2, 0.25) is 0 Å². The molecule has 7 nitrogen and oxygen atoms in total. The first-order valence-corrected chi connectivity index (χ1v) is 7.93. The Morgan fingerprint density at radius 3 is 2.52 bits per heavy atom. The number of morpholine rings is 1. The lowest BCUT2D eigenvalue weighted by Crippen LogP contribution is -2.48. The fourth-order valence-electron chi connectivity index (χ4n) is 2.91. The van der Waals surface area contributed by atoms with Crippen molar-refractivity contribution in [3.05, 3.63) is 33.9 Å². The Kier molecular flexibility index (Phi) is 4.21. The minimum Gasteiger partial charge on any atom is -0.377 e. The van der Waals surface area contributed by atoms with Crippen molar-refractivity contribution < 1.29 is 14.5 Å². The van der Waals surface area contributed by atoms with E-state index in [4.69, 9.17) is 4.74 Å². The first-order chi connectivity index (χ1) is 10.9. The van der Waals surface area contributed by atoms with Crippen molar-refractivity contribution >= 4 is 17.3 Å². The number of nitro groups is 1. The number of nitrogens with zero attached hydrogens (tertiary/aromatic N) is 2. The van der Waals surface area contributed by atoms with Crippen LogP contribution in [-0.2, 0) is 4.74 Å². The molecule has 1 aromatic carbocycles. The number of ether oxygens (including phenoxy) is 1. The van der Waals surface area contributed by atoms with E-state index in [1.165, 1.54) is 6.07 Å². The molecule has 1 aliphatic heterocycles. The van der Waals surface area contributed by atoms with E-state index in [0.29, 0.717) is 30.4 Å². The molecule has 0 aromatic heterocycles. The maximum atomic E-state index is 12.6. The van der Waals surface area contributed by atoms with Crippen LogP contribution in [0.25, 0.3) is 0 Å². The number of benzene rings is 1. The van der Waals surface area contributed by atoms with Gasteiger partial charge in [-0.05, 0) is 38.8 Å². The van der Waals surface area contributed by atoms with E-state index < -0.39 is 4.92 Å². The van der Waals surface area contributed by atoms with Crippen LogP contribution in [0.2, 0.25) is 0 Å². The second-order valence-electron chi connectivity index (χ2n) is 6.38. The number of anilines is 1. The smallest absolute Gasteiger partial charge is 0.293 e. The number of hydrogen-bond donors (Lipinski definition) is 1. The lowest BCUT2D eigenvalue weighted by atomic mass is 10.1. The van der Waals surface area contributed by atoms with Crippen LogP contribution in [0.5, 0.6) is 0 Å². The summed E-state index contributed by atoms with van der Waals surface area (Å²) in [5.74, 6) is -0.187. The summed E-state index contributed by atoms with van der Waals surface area (Å²) in [5.41, 5.74) is 0.786. The summed E-state index contributed by atoms with van der Waals surface area (Å²) >= 11 is 0. The molecule has 124 valence electrons. The molecule has 23 heavy (non-hydrogen) atoms. The molecule has 1 saturated heterocycles. The zero-order valence-electron chi connectivity index (χ0n) is 13.3. The van der Waals surface area contributed by atoms with Crippen LogP contribution in [0.1, 0.15) is 37.0 Å². The molecule has 2 atom stereocenters. The largest absolute Gasteiger partial charge is 0.377 e. The van der Waals surface area contributed by atoms with Crippen LogP contribution in [0, 0.1) is 10.1 Å². The van der Waals surface area contributed by atoms with Crippen LogP contribution in [0.4, 0.5) is 11.4 Å². The van der Waals surface area contributed by atoms with E-state index in [0.717, 1.165) is 12.8 Å². The van der Waals surface area contributed by atoms with Crippen LogP contribution < -0.4 is 5.32 Å². The van der Waals surface area contributed by atoms with Gasteiger partial charge in [0.25, 0.3) is 11.6 Å². The fraction of sp³-hybridized carbons (Fsp3) is 0.562. The topological polar surface area (TPSA) is 84.7 Å². The maximum absolute atomic E-state index is 12.6. The Balaban J connectivity index is 1.82. The highest BCUT2D eigenvalue weighted by Gasteiger charge is 2.29. The molecule has 1 N–H and O–H groups in total. The molecule has 1 aliphatic carbocycles. The van der Waals surface area contributed by atoms with Gasteiger partial charge in [-0.3, -0.25) is 14.9 Å². The van der Waals surface area contributed by atoms with Gasteiger partial charge >= 0.3 is 0 Å². The maximum Gasteiger partial charge on any atom is 0.293 e. The van der Waals surface area contributed by atoms with Gasteiger partial charge in [-0.15, -0.1) is 0 Å². The van der Waals surface area contributed by atoms with Gasteiger partial charge in [0.15, 0.2) is 0 Å². The Morgan fingerprint density at radius 2 is 1.96 bits per heavy atom. The number of carbonyl (C=O) groups excluding carboxylic acids is 1. The lowest BCUT2D eigenvalue weighted by Gasteiger charge is -2.35. The van der Waals surface area contributed by atoms with Gasteiger partial charge in [-0.25, -0.2) is 0 Å². The molecule has 2 aliphatic rings. The summed E-state index contributed by atoms with van der Waals surface area (Å²) in [6.07, 6.45) is 1.99. The van der Waals surface area contributed by atoms with Crippen LogP contribution in [0.3, 0.4) is 0 Å². The Bertz CT molecular complexity index is 620. The molecule has 1 heterocycles. The summed E-state index contributed by atoms with van der Waals surface area (Å²) in [6, 6.07) is 4.98. The van der Waals surface area contributed by atoms with E-state index in [9.17, 15) is 14.9 Å². The van der Waals surface area contributed by atoms with E-state index >= 15 is 0 Å². The second-order valence-corrected chi connectivity index (χ2v) is 6.38. The van der Waals surface area contributed by atoms with Gasteiger partial charge in [-0.1, -0.05) is 0 Å². The van der Waals surface area contributed by atoms with E-state index in [1.54, 1.807) is 17.0 Å². The summed E-state index contributed by atoms with van der Waals surface area (Å²) in [7, 11) is 0. The third kappa shape index (κ3) is 3.61. The number of rotatable bonds is 4. The average Bonchev–Trinajstić information content (AvgIpc) is 3.29. The molecule has 0 bridgehead atoms. The fourth-order valence-corrected chi connectivity index (χ4v) is 2.91.